The Labute approximate surface area is 110 Å². The molecule has 0 aromatic carbocycles. The number of anilines is 1. The minimum atomic E-state index is 0.681. The SMILES string of the molecule is CCCc1ccnc2c1CC[C@@H]1CN(C)CCN21. The second-order valence-corrected chi connectivity index (χ2v) is 5.67. The summed E-state index contributed by atoms with van der Waals surface area (Å²) in [7, 11) is 2.23. The second kappa shape index (κ2) is 4.88. The second-order valence-electron chi connectivity index (χ2n) is 5.67. The van der Waals surface area contributed by atoms with Crippen molar-refractivity contribution in [2.75, 3.05) is 31.6 Å². The maximum absolute atomic E-state index is 4.68. The van der Waals surface area contributed by atoms with Gasteiger partial charge >= 0.3 is 0 Å². The molecule has 1 aromatic heterocycles. The lowest BCUT2D eigenvalue weighted by atomic mass is 9.92. The van der Waals surface area contributed by atoms with E-state index >= 15 is 0 Å². The highest BCUT2D eigenvalue weighted by Crippen LogP contribution is 2.33. The third-order valence-corrected chi connectivity index (χ3v) is 4.33. The summed E-state index contributed by atoms with van der Waals surface area (Å²) in [5.41, 5.74) is 3.06. The van der Waals surface area contributed by atoms with Crippen LogP contribution < -0.4 is 4.90 Å². The third kappa shape index (κ3) is 2.01. The number of hydrogen-bond acceptors (Lipinski definition) is 3. The Hall–Kier alpha value is -1.09. The van der Waals surface area contributed by atoms with Crippen molar-refractivity contribution in [2.45, 2.75) is 38.6 Å². The Bertz CT molecular complexity index is 430. The minimum Gasteiger partial charge on any atom is -0.351 e. The number of fused-ring (bicyclic) bond motifs is 3. The maximum atomic E-state index is 4.68. The lowest BCUT2D eigenvalue weighted by Crippen LogP contribution is -2.54. The molecule has 3 rings (SSSR count). The molecule has 0 bridgehead atoms. The zero-order valence-corrected chi connectivity index (χ0v) is 11.5. The van der Waals surface area contributed by atoms with Crippen molar-refractivity contribution in [3.05, 3.63) is 23.4 Å². The fourth-order valence-corrected chi connectivity index (χ4v) is 3.39. The summed E-state index contributed by atoms with van der Waals surface area (Å²) in [6.07, 6.45) is 6.93. The highest BCUT2D eigenvalue weighted by atomic mass is 15.3. The van der Waals surface area contributed by atoms with Gasteiger partial charge in [0, 0.05) is 31.9 Å². The van der Waals surface area contributed by atoms with Crippen LogP contribution in [0.25, 0.3) is 0 Å². The van der Waals surface area contributed by atoms with Crippen LogP contribution in [0.15, 0.2) is 12.3 Å². The summed E-state index contributed by atoms with van der Waals surface area (Å²) >= 11 is 0. The largest absolute Gasteiger partial charge is 0.351 e. The number of rotatable bonds is 2. The molecule has 0 radical (unpaired) electrons. The van der Waals surface area contributed by atoms with Crippen LogP contribution in [-0.2, 0) is 12.8 Å². The number of aromatic nitrogens is 1. The minimum absolute atomic E-state index is 0.681. The molecule has 1 atom stereocenters. The molecule has 18 heavy (non-hydrogen) atoms. The Morgan fingerprint density at radius 3 is 3.11 bits per heavy atom. The maximum Gasteiger partial charge on any atom is 0.132 e. The first kappa shape index (κ1) is 12.0. The van der Waals surface area contributed by atoms with E-state index in [1.165, 1.54) is 49.2 Å². The lowest BCUT2D eigenvalue weighted by molar-refractivity contribution is 0.254. The van der Waals surface area contributed by atoms with Gasteiger partial charge in [0.15, 0.2) is 0 Å². The van der Waals surface area contributed by atoms with Crippen LogP contribution >= 0.6 is 0 Å². The Morgan fingerprint density at radius 2 is 2.28 bits per heavy atom. The first-order valence-electron chi connectivity index (χ1n) is 7.21. The van der Waals surface area contributed by atoms with Crippen LogP contribution in [-0.4, -0.2) is 42.6 Å². The molecule has 0 unspecified atom stereocenters. The van der Waals surface area contributed by atoms with Crippen molar-refractivity contribution in [2.24, 2.45) is 0 Å². The fraction of sp³-hybridized carbons (Fsp3) is 0.667. The van der Waals surface area contributed by atoms with E-state index in [4.69, 9.17) is 0 Å². The average molecular weight is 245 g/mol. The predicted molar refractivity (Wildman–Crippen MR) is 75.2 cm³/mol. The van der Waals surface area contributed by atoms with E-state index < -0.39 is 0 Å². The lowest BCUT2D eigenvalue weighted by Gasteiger charge is -2.44. The number of piperazine rings is 1. The van der Waals surface area contributed by atoms with Crippen molar-refractivity contribution in [3.8, 4) is 0 Å². The molecule has 2 aliphatic heterocycles. The average Bonchev–Trinajstić information content (AvgIpc) is 2.38. The molecular formula is C15H23N3. The number of nitrogens with zero attached hydrogens (tertiary/aromatic N) is 3. The molecule has 0 amide bonds. The summed E-state index contributed by atoms with van der Waals surface area (Å²) in [6.45, 7) is 5.75. The number of hydrogen-bond donors (Lipinski definition) is 0. The standard InChI is InChI=1S/C15H23N3/c1-3-4-12-7-8-16-15-14(12)6-5-13-11-17(2)9-10-18(13)15/h7-8,13H,3-6,9-11H2,1-2H3/t13-/m1/s1. The van der Waals surface area contributed by atoms with E-state index in [0.717, 1.165) is 13.1 Å². The molecule has 3 heteroatoms. The zero-order valence-electron chi connectivity index (χ0n) is 11.5. The molecule has 0 spiro atoms. The highest BCUT2D eigenvalue weighted by Gasteiger charge is 2.32. The molecule has 1 aromatic rings. The summed E-state index contributed by atoms with van der Waals surface area (Å²) in [6, 6.07) is 2.90. The first-order chi connectivity index (χ1) is 8.79. The first-order valence-corrected chi connectivity index (χ1v) is 7.21. The summed E-state index contributed by atoms with van der Waals surface area (Å²) in [5.74, 6) is 1.28. The van der Waals surface area contributed by atoms with Gasteiger partial charge in [-0.25, -0.2) is 4.98 Å². The number of aryl methyl sites for hydroxylation is 1. The molecule has 2 aliphatic rings. The smallest absolute Gasteiger partial charge is 0.132 e. The zero-order chi connectivity index (χ0) is 12.5. The van der Waals surface area contributed by atoms with E-state index in [2.05, 4.69) is 34.8 Å². The molecule has 3 nitrogen and oxygen atoms in total. The van der Waals surface area contributed by atoms with Gasteiger partial charge in [0.25, 0.3) is 0 Å². The van der Waals surface area contributed by atoms with Crippen LogP contribution in [0, 0.1) is 0 Å². The van der Waals surface area contributed by atoms with Gasteiger partial charge < -0.3 is 9.80 Å². The number of pyridine rings is 1. The Balaban J connectivity index is 1.93. The summed E-state index contributed by atoms with van der Waals surface area (Å²) in [4.78, 5) is 9.68. The van der Waals surface area contributed by atoms with Crippen molar-refractivity contribution >= 4 is 5.82 Å². The fourth-order valence-electron chi connectivity index (χ4n) is 3.39. The van der Waals surface area contributed by atoms with Gasteiger partial charge in [0.1, 0.15) is 5.82 Å². The van der Waals surface area contributed by atoms with Gasteiger partial charge in [-0.1, -0.05) is 13.3 Å². The molecule has 98 valence electrons. The van der Waals surface area contributed by atoms with Gasteiger partial charge in [-0.3, -0.25) is 0 Å². The highest BCUT2D eigenvalue weighted by molar-refractivity contribution is 5.54. The van der Waals surface area contributed by atoms with Crippen molar-refractivity contribution in [3.63, 3.8) is 0 Å². The molecule has 3 heterocycles. The topological polar surface area (TPSA) is 19.4 Å². The van der Waals surface area contributed by atoms with Crippen LogP contribution in [0.5, 0.6) is 0 Å². The third-order valence-electron chi connectivity index (χ3n) is 4.33. The van der Waals surface area contributed by atoms with E-state index in [-0.39, 0.29) is 0 Å². The Morgan fingerprint density at radius 1 is 1.39 bits per heavy atom. The van der Waals surface area contributed by atoms with Gasteiger partial charge in [-0.2, -0.15) is 0 Å². The van der Waals surface area contributed by atoms with Crippen LogP contribution in [0.1, 0.15) is 30.9 Å². The van der Waals surface area contributed by atoms with Gasteiger partial charge in [0.05, 0.1) is 0 Å². The molecule has 1 fully saturated rings. The van der Waals surface area contributed by atoms with Crippen LogP contribution in [0.2, 0.25) is 0 Å². The van der Waals surface area contributed by atoms with E-state index in [1.807, 2.05) is 6.20 Å². The number of likely N-dealkylation sites (N-methyl/N-ethyl adjacent to an activating group) is 1. The van der Waals surface area contributed by atoms with Crippen molar-refractivity contribution < 1.29 is 0 Å². The van der Waals surface area contributed by atoms with Gasteiger partial charge in [0.2, 0.25) is 0 Å². The van der Waals surface area contributed by atoms with E-state index in [0.29, 0.717) is 6.04 Å². The van der Waals surface area contributed by atoms with Crippen molar-refractivity contribution in [1.82, 2.24) is 9.88 Å². The molecule has 1 saturated heterocycles. The normalized spacial score (nSPS) is 23.7. The van der Waals surface area contributed by atoms with Crippen LogP contribution in [0.3, 0.4) is 0 Å². The monoisotopic (exact) mass is 245 g/mol. The molecule has 0 aliphatic carbocycles. The van der Waals surface area contributed by atoms with Crippen LogP contribution in [0.4, 0.5) is 5.82 Å². The Kier molecular flexibility index (Phi) is 3.25. The van der Waals surface area contributed by atoms with Crippen molar-refractivity contribution in [1.29, 1.82) is 0 Å². The molecule has 0 saturated carbocycles. The van der Waals surface area contributed by atoms with Gasteiger partial charge in [-0.05, 0) is 43.5 Å². The van der Waals surface area contributed by atoms with Gasteiger partial charge in [-0.15, -0.1) is 0 Å². The molecule has 0 N–H and O–H groups in total. The predicted octanol–water partition coefficient (Wildman–Crippen LogP) is 2.10. The quantitative estimate of drug-likeness (QED) is 0.795. The summed E-state index contributed by atoms with van der Waals surface area (Å²) in [5, 5.41) is 0. The van der Waals surface area contributed by atoms with E-state index in [9.17, 15) is 0 Å². The molecular weight excluding hydrogens is 222 g/mol. The summed E-state index contributed by atoms with van der Waals surface area (Å²) < 4.78 is 0. The van der Waals surface area contributed by atoms with E-state index in [1.54, 1.807) is 0 Å².